The number of amides is 1. The largest absolute Gasteiger partial charge is 1.00 e. The first-order valence-corrected chi connectivity index (χ1v) is 15.6. The molecule has 1 heterocycles. The minimum atomic E-state index is -0.192. The number of hydrogen-bond donors (Lipinski definition) is 1. The van der Waals surface area contributed by atoms with Crippen molar-refractivity contribution in [1.82, 2.24) is 0 Å². The standard InChI is InChI=1S/C32H43ClN2O2S.BrH/c1-3-4-5-6-7-8-9-10-11-12-13-14-20-37-31-22-28(33)18-19-30(31)32(36)34-29-17-15-16-27(21-29)24-35-23-26(2)38-25-35;/h15-19,21-23,25H,3-14,20,24H2,1-2H3;1H. The normalized spacial score (nSPS) is 10.7. The van der Waals surface area contributed by atoms with Crippen LogP contribution >= 0.6 is 22.9 Å². The van der Waals surface area contributed by atoms with Crippen molar-refractivity contribution in [2.75, 3.05) is 11.9 Å². The van der Waals surface area contributed by atoms with E-state index in [1.165, 1.54) is 69.1 Å². The third kappa shape index (κ3) is 12.9. The lowest BCUT2D eigenvalue weighted by molar-refractivity contribution is -0.683. The van der Waals surface area contributed by atoms with Crippen LogP contribution in [0, 0.1) is 6.92 Å². The molecule has 0 unspecified atom stereocenters. The summed E-state index contributed by atoms with van der Waals surface area (Å²) in [4.78, 5) is 14.4. The van der Waals surface area contributed by atoms with Crippen LogP contribution < -0.4 is 31.6 Å². The highest BCUT2D eigenvalue weighted by atomic mass is 79.9. The monoisotopic (exact) mass is 634 g/mol. The molecule has 1 N–H and O–H groups in total. The van der Waals surface area contributed by atoms with Crippen LogP contribution in [0.1, 0.15) is 105 Å². The van der Waals surface area contributed by atoms with Crippen LogP contribution in [0.15, 0.2) is 54.2 Å². The van der Waals surface area contributed by atoms with E-state index < -0.39 is 0 Å². The Morgan fingerprint density at radius 3 is 2.23 bits per heavy atom. The number of nitrogens with zero attached hydrogens (tertiary/aromatic N) is 1. The van der Waals surface area contributed by atoms with Gasteiger partial charge in [0.05, 0.1) is 17.0 Å². The molecule has 3 rings (SSSR count). The maximum absolute atomic E-state index is 13.1. The molecule has 0 radical (unpaired) electrons. The summed E-state index contributed by atoms with van der Waals surface area (Å²) < 4.78 is 8.18. The molecule has 1 aromatic heterocycles. The molecule has 0 atom stereocenters. The third-order valence-electron chi connectivity index (χ3n) is 6.72. The lowest BCUT2D eigenvalue weighted by atomic mass is 10.1. The molecule has 3 aromatic rings. The highest BCUT2D eigenvalue weighted by molar-refractivity contribution is 7.09. The van der Waals surface area contributed by atoms with E-state index in [9.17, 15) is 4.79 Å². The van der Waals surface area contributed by atoms with Crippen molar-refractivity contribution >= 4 is 34.5 Å². The average molecular weight is 636 g/mol. The Kier molecular flexibility index (Phi) is 16.4. The van der Waals surface area contributed by atoms with Crippen LogP contribution in [0.4, 0.5) is 5.69 Å². The first-order chi connectivity index (χ1) is 18.5. The van der Waals surface area contributed by atoms with Crippen molar-refractivity contribution in [3.05, 3.63) is 75.2 Å². The molecule has 0 aliphatic heterocycles. The van der Waals surface area contributed by atoms with Gasteiger partial charge in [0.1, 0.15) is 5.75 Å². The number of carbonyl (C=O) groups excluding carboxylic acids is 1. The van der Waals surface area contributed by atoms with Crippen molar-refractivity contribution in [2.45, 2.75) is 97.4 Å². The van der Waals surface area contributed by atoms with Gasteiger partial charge in [-0.2, -0.15) is 4.57 Å². The summed E-state index contributed by atoms with van der Waals surface area (Å²) in [6.45, 7) is 5.72. The quantitative estimate of drug-likeness (QED) is 0.130. The zero-order valence-electron chi connectivity index (χ0n) is 23.5. The number of aryl methyl sites for hydroxylation is 1. The van der Waals surface area contributed by atoms with E-state index >= 15 is 0 Å². The highest BCUT2D eigenvalue weighted by Gasteiger charge is 2.15. The second-order valence-electron chi connectivity index (χ2n) is 10.2. The van der Waals surface area contributed by atoms with E-state index in [2.05, 4.69) is 41.5 Å². The Balaban J connectivity index is 0.00000533. The van der Waals surface area contributed by atoms with Gasteiger partial charge in [0.2, 0.25) is 5.51 Å². The van der Waals surface area contributed by atoms with Gasteiger partial charge in [-0.3, -0.25) is 4.79 Å². The number of ether oxygens (including phenoxy) is 1. The van der Waals surface area contributed by atoms with Gasteiger partial charge in [-0.25, -0.2) is 0 Å². The molecule has 0 aliphatic rings. The van der Waals surface area contributed by atoms with Gasteiger partial charge in [-0.15, -0.1) is 0 Å². The van der Waals surface area contributed by atoms with Gasteiger partial charge in [0.25, 0.3) is 5.91 Å². The first-order valence-electron chi connectivity index (χ1n) is 14.3. The number of anilines is 1. The molecule has 4 nitrogen and oxygen atoms in total. The number of rotatable bonds is 18. The van der Waals surface area contributed by atoms with E-state index in [-0.39, 0.29) is 22.9 Å². The zero-order valence-corrected chi connectivity index (χ0v) is 26.7. The van der Waals surface area contributed by atoms with Crippen molar-refractivity contribution < 1.29 is 31.1 Å². The Labute approximate surface area is 254 Å². The fraction of sp³-hybridized carbons (Fsp3) is 0.500. The fourth-order valence-corrected chi connectivity index (χ4v) is 5.41. The molecule has 1 amide bonds. The molecular weight excluding hydrogens is 592 g/mol. The lowest BCUT2D eigenvalue weighted by Crippen LogP contribution is -3.00. The molecule has 0 saturated heterocycles. The van der Waals surface area contributed by atoms with Crippen molar-refractivity contribution in [2.24, 2.45) is 0 Å². The number of aromatic nitrogens is 1. The minimum absolute atomic E-state index is 0. The first kappa shape index (κ1) is 33.3. The van der Waals surface area contributed by atoms with Gasteiger partial charge >= 0.3 is 0 Å². The van der Waals surface area contributed by atoms with E-state index in [4.69, 9.17) is 16.3 Å². The molecule has 0 bridgehead atoms. The zero-order chi connectivity index (χ0) is 27.0. The van der Waals surface area contributed by atoms with E-state index in [0.29, 0.717) is 22.9 Å². The Morgan fingerprint density at radius 2 is 1.59 bits per heavy atom. The summed E-state index contributed by atoms with van der Waals surface area (Å²) in [5, 5.41) is 3.60. The molecule has 0 aliphatic carbocycles. The van der Waals surface area contributed by atoms with Crippen molar-refractivity contribution in [1.29, 1.82) is 0 Å². The fourth-order valence-electron chi connectivity index (χ4n) is 4.61. The Bertz CT molecular complexity index is 1120. The van der Waals surface area contributed by atoms with Crippen molar-refractivity contribution in [3.63, 3.8) is 0 Å². The maximum atomic E-state index is 13.1. The van der Waals surface area contributed by atoms with Gasteiger partial charge in [0, 0.05) is 16.3 Å². The van der Waals surface area contributed by atoms with Gasteiger partial charge in [0.15, 0.2) is 12.7 Å². The van der Waals surface area contributed by atoms with Crippen LogP contribution in [-0.4, -0.2) is 12.5 Å². The van der Waals surface area contributed by atoms with Crippen LogP contribution in [0.2, 0.25) is 5.02 Å². The molecule has 0 fully saturated rings. The Hall–Kier alpha value is -1.89. The van der Waals surface area contributed by atoms with Gasteiger partial charge in [-0.05, 0) is 43.7 Å². The topological polar surface area (TPSA) is 42.2 Å². The number of benzene rings is 2. The molecule has 0 spiro atoms. The minimum Gasteiger partial charge on any atom is -1.00 e. The number of unbranched alkanes of at least 4 members (excludes halogenated alkanes) is 11. The van der Waals surface area contributed by atoms with E-state index in [1.54, 1.807) is 29.5 Å². The molecule has 7 heteroatoms. The summed E-state index contributed by atoms with van der Waals surface area (Å²) in [5.74, 6) is 0.348. The second kappa shape index (κ2) is 19.2. The van der Waals surface area contributed by atoms with Gasteiger partial charge < -0.3 is 27.0 Å². The predicted molar refractivity (Wildman–Crippen MR) is 161 cm³/mol. The predicted octanol–water partition coefficient (Wildman–Crippen LogP) is 6.38. The summed E-state index contributed by atoms with van der Waals surface area (Å²) in [5.41, 5.74) is 4.50. The Morgan fingerprint density at radius 1 is 0.923 bits per heavy atom. The van der Waals surface area contributed by atoms with Crippen LogP contribution in [0.25, 0.3) is 0 Å². The third-order valence-corrected chi connectivity index (χ3v) is 7.80. The SMILES string of the molecule is CCCCCCCCCCCCCCOc1cc(Cl)ccc1C(=O)Nc1cccc(C[n+]2csc(C)c2)c1.[Br-]. The van der Waals surface area contributed by atoms with Crippen LogP contribution in [0.5, 0.6) is 5.75 Å². The van der Waals surface area contributed by atoms with Crippen LogP contribution in [0.3, 0.4) is 0 Å². The molecule has 214 valence electrons. The molecule has 2 aromatic carbocycles. The number of hydrogen-bond acceptors (Lipinski definition) is 3. The average Bonchev–Trinajstić information content (AvgIpc) is 3.31. The highest BCUT2D eigenvalue weighted by Crippen LogP contribution is 2.25. The number of thiazole rings is 1. The summed E-state index contributed by atoms with van der Waals surface area (Å²) >= 11 is 7.95. The van der Waals surface area contributed by atoms with Crippen molar-refractivity contribution in [3.8, 4) is 5.75 Å². The number of halogens is 2. The molecule has 39 heavy (non-hydrogen) atoms. The maximum Gasteiger partial charge on any atom is 0.259 e. The summed E-state index contributed by atoms with van der Waals surface area (Å²) in [7, 11) is 0. The van der Waals surface area contributed by atoms with E-state index in [1.807, 2.05) is 18.2 Å². The smallest absolute Gasteiger partial charge is 0.259 e. The number of carbonyl (C=O) groups is 1. The summed E-state index contributed by atoms with van der Waals surface area (Å²) in [6.07, 6.45) is 17.7. The molecule has 0 saturated carbocycles. The lowest BCUT2D eigenvalue weighted by Gasteiger charge is -2.13. The van der Waals surface area contributed by atoms with Gasteiger partial charge in [-0.1, -0.05) is 113 Å². The molecular formula is C32H44BrClN2O2S. The number of nitrogens with one attached hydrogen (secondary N) is 1. The second-order valence-corrected chi connectivity index (χ2v) is 11.7. The summed E-state index contributed by atoms with van der Waals surface area (Å²) in [6, 6.07) is 13.2. The van der Waals surface area contributed by atoms with Crippen LogP contribution in [-0.2, 0) is 6.54 Å². The van der Waals surface area contributed by atoms with E-state index in [0.717, 1.165) is 30.6 Å².